The van der Waals surface area contributed by atoms with Crippen molar-refractivity contribution in [3.63, 3.8) is 0 Å². The minimum atomic E-state index is 0.0791. The zero-order valence-corrected chi connectivity index (χ0v) is 11.9. The van der Waals surface area contributed by atoms with Crippen molar-refractivity contribution in [1.29, 1.82) is 0 Å². The molecule has 1 aromatic carbocycles. The van der Waals surface area contributed by atoms with E-state index in [1.807, 2.05) is 19.1 Å². The summed E-state index contributed by atoms with van der Waals surface area (Å²) >= 11 is 12.0. The lowest BCUT2D eigenvalue weighted by Gasteiger charge is -2.12. The Morgan fingerprint density at radius 1 is 1.44 bits per heavy atom. The van der Waals surface area contributed by atoms with Crippen molar-refractivity contribution in [3.05, 3.63) is 33.8 Å². The van der Waals surface area contributed by atoms with Gasteiger partial charge in [-0.25, -0.2) is 0 Å². The summed E-state index contributed by atoms with van der Waals surface area (Å²) in [7, 11) is 0. The predicted molar refractivity (Wildman–Crippen MR) is 74.8 cm³/mol. The molecule has 1 fully saturated rings. The third-order valence-corrected chi connectivity index (χ3v) is 4.17. The molecule has 0 heterocycles. The molecule has 2 nitrogen and oxygen atoms in total. The lowest BCUT2D eigenvalue weighted by molar-refractivity contribution is -0.124. The first kappa shape index (κ1) is 13.7. The van der Waals surface area contributed by atoms with Gasteiger partial charge >= 0.3 is 0 Å². The standard InChI is InChI=1S/C14H17Cl2NO/c1-9(7-10-5-6-10)14(18)17-8-11-3-2-4-12(15)13(11)16/h2-4,9-10H,5-8H2,1H3,(H,17,18). The number of rotatable bonds is 5. The van der Waals surface area contributed by atoms with Gasteiger partial charge in [-0.3, -0.25) is 4.79 Å². The van der Waals surface area contributed by atoms with Crippen LogP contribution in [0.2, 0.25) is 10.0 Å². The zero-order valence-electron chi connectivity index (χ0n) is 10.4. The molecule has 1 atom stereocenters. The second-order valence-corrected chi connectivity index (χ2v) is 5.80. The van der Waals surface area contributed by atoms with E-state index in [9.17, 15) is 4.79 Å². The molecule has 98 valence electrons. The summed E-state index contributed by atoms with van der Waals surface area (Å²) in [6.07, 6.45) is 3.55. The fourth-order valence-electron chi connectivity index (χ4n) is 2.00. The zero-order chi connectivity index (χ0) is 13.1. The maximum absolute atomic E-state index is 11.9. The predicted octanol–water partition coefficient (Wildman–Crippen LogP) is 4.05. The third-order valence-electron chi connectivity index (χ3n) is 3.32. The second kappa shape index (κ2) is 5.94. The normalized spacial score (nSPS) is 16.4. The van der Waals surface area contributed by atoms with Gasteiger partial charge in [0.1, 0.15) is 0 Å². The number of hydrogen-bond donors (Lipinski definition) is 1. The highest BCUT2D eigenvalue weighted by molar-refractivity contribution is 6.42. The minimum absolute atomic E-state index is 0.0791. The average molecular weight is 286 g/mol. The van der Waals surface area contributed by atoms with Crippen molar-refractivity contribution in [3.8, 4) is 0 Å². The van der Waals surface area contributed by atoms with Gasteiger partial charge in [-0.15, -0.1) is 0 Å². The molecule has 1 unspecified atom stereocenters. The molecular formula is C14H17Cl2NO. The van der Waals surface area contributed by atoms with Crippen molar-refractivity contribution in [1.82, 2.24) is 5.32 Å². The first-order valence-corrected chi connectivity index (χ1v) is 7.04. The molecule has 1 amide bonds. The van der Waals surface area contributed by atoms with Crippen LogP contribution in [0.25, 0.3) is 0 Å². The Morgan fingerprint density at radius 3 is 2.83 bits per heavy atom. The monoisotopic (exact) mass is 285 g/mol. The fourth-order valence-corrected chi connectivity index (χ4v) is 2.39. The molecule has 0 spiro atoms. The van der Waals surface area contributed by atoms with E-state index in [1.54, 1.807) is 6.07 Å². The molecule has 1 aliphatic rings. The van der Waals surface area contributed by atoms with Crippen LogP contribution < -0.4 is 5.32 Å². The van der Waals surface area contributed by atoms with Gasteiger partial charge in [0.15, 0.2) is 0 Å². The van der Waals surface area contributed by atoms with E-state index < -0.39 is 0 Å². The van der Waals surface area contributed by atoms with Crippen LogP contribution in [0.5, 0.6) is 0 Å². The van der Waals surface area contributed by atoms with Crippen molar-refractivity contribution >= 4 is 29.1 Å². The summed E-state index contributed by atoms with van der Waals surface area (Å²) in [6.45, 7) is 2.42. The summed E-state index contributed by atoms with van der Waals surface area (Å²) in [6, 6.07) is 5.45. The van der Waals surface area contributed by atoms with E-state index in [0.29, 0.717) is 16.6 Å². The number of hydrogen-bond acceptors (Lipinski definition) is 1. The van der Waals surface area contributed by atoms with Crippen LogP contribution >= 0.6 is 23.2 Å². The highest BCUT2D eigenvalue weighted by Gasteiger charge is 2.26. The highest BCUT2D eigenvalue weighted by atomic mass is 35.5. The Hall–Kier alpha value is -0.730. The van der Waals surface area contributed by atoms with Gasteiger partial charge < -0.3 is 5.32 Å². The van der Waals surface area contributed by atoms with Crippen LogP contribution in [0.4, 0.5) is 0 Å². The molecule has 0 bridgehead atoms. The summed E-state index contributed by atoms with van der Waals surface area (Å²) in [4.78, 5) is 11.9. The Balaban J connectivity index is 1.86. The molecule has 1 saturated carbocycles. The molecule has 4 heteroatoms. The van der Waals surface area contributed by atoms with E-state index >= 15 is 0 Å². The van der Waals surface area contributed by atoms with Crippen LogP contribution in [-0.2, 0) is 11.3 Å². The van der Waals surface area contributed by atoms with Gasteiger partial charge in [-0.2, -0.15) is 0 Å². The number of amides is 1. The molecular weight excluding hydrogens is 269 g/mol. The van der Waals surface area contributed by atoms with Crippen molar-refractivity contribution in [2.45, 2.75) is 32.7 Å². The van der Waals surface area contributed by atoms with Crippen LogP contribution in [0.1, 0.15) is 31.7 Å². The lowest BCUT2D eigenvalue weighted by Crippen LogP contribution is -2.29. The van der Waals surface area contributed by atoms with Crippen LogP contribution in [0, 0.1) is 11.8 Å². The number of benzene rings is 1. The number of carbonyl (C=O) groups excluding carboxylic acids is 1. The van der Waals surface area contributed by atoms with Gasteiger partial charge in [0.05, 0.1) is 10.0 Å². The van der Waals surface area contributed by atoms with Gasteiger partial charge in [-0.05, 0) is 24.0 Å². The largest absolute Gasteiger partial charge is 0.352 e. The van der Waals surface area contributed by atoms with E-state index in [0.717, 1.165) is 17.9 Å². The quantitative estimate of drug-likeness (QED) is 0.869. The van der Waals surface area contributed by atoms with Gasteiger partial charge in [0.25, 0.3) is 0 Å². The van der Waals surface area contributed by atoms with Crippen LogP contribution in [0.3, 0.4) is 0 Å². The van der Waals surface area contributed by atoms with Crippen LogP contribution in [-0.4, -0.2) is 5.91 Å². The van der Waals surface area contributed by atoms with Gasteiger partial charge in [0, 0.05) is 12.5 Å². The fraction of sp³-hybridized carbons (Fsp3) is 0.500. The molecule has 2 rings (SSSR count). The van der Waals surface area contributed by atoms with E-state index in [2.05, 4.69) is 5.32 Å². The first-order chi connectivity index (χ1) is 8.58. The maximum atomic E-state index is 11.9. The summed E-state index contributed by atoms with van der Waals surface area (Å²) in [5.41, 5.74) is 0.858. The minimum Gasteiger partial charge on any atom is -0.352 e. The summed E-state index contributed by atoms with van der Waals surface area (Å²) in [5, 5.41) is 3.96. The molecule has 0 aromatic heterocycles. The molecule has 1 aliphatic carbocycles. The number of nitrogens with one attached hydrogen (secondary N) is 1. The summed E-state index contributed by atoms with van der Waals surface area (Å²) in [5.74, 6) is 0.939. The maximum Gasteiger partial charge on any atom is 0.223 e. The van der Waals surface area contributed by atoms with Crippen LogP contribution in [0.15, 0.2) is 18.2 Å². The van der Waals surface area contributed by atoms with Gasteiger partial charge in [-0.1, -0.05) is 55.1 Å². The van der Waals surface area contributed by atoms with E-state index in [4.69, 9.17) is 23.2 Å². The van der Waals surface area contributed by atoms with Crippen molar-refractivity contribution in [2.24, 2.45) is 11.8 Å². The molecule has 0 radical (unpaired) electrons. The SMILES string of the molecule is CC(CC1CC1)C(=O)NCc1cccc(Cl)c1Cl. The Kier molecular flexibility index (Phi) is 4.52. The second-order valence-electron chi connectivity index (χ2n) is 5.01. The molecule has 0 saturated heterocycles. The van der Waals surface area contributed by atoms with Crippen molar-refractivity contribution < 1.29 is 4.79 Å². The number of halogens is 2. The van der Waals surface area contributed by atoms with E-state index in [1.165, 1.54) is 12.8 Å². The molecule has 1 N–H and O–H groups in total. The Labute approximate surface area is 118 Å². The highest BCUT2D eigenvalue weighted by Crippen LogP contribution is 2.35. The molecule has 18 heavy (non-hydrogen) atoms. The average Bonchev–Trinajstić information content (AvgIpc) is 3.14. The summed E-state index contributed by atoms with van der Waals surface area (Å²) < 4.78 is 0. The Bertz CT molecular complexity index is 443. The first-order valence-electron chi connectivity index (χ1n) is 6.28. The van der Waals surface area contributed by atoms with Crippen molar-refractivity contribution in [2.75, 3.05) is 0 Å². The smallest absolute Gasteiger partial charge is 0.223 e. The van der Waals surface area contributed by atoms with Gasteiger partial charge in [0.2, 0.25) is 5.91 Å². The topological polar surface area (TPSA) is 29.1 Å². The number of carbonyl (C=O) groups is 1. The molecule has 1 aromatic rings. The Morgan fingerprint density at radius 2 is 2.17 bits per heavy atom. The lowest BCUT2D eigenvalue weighted by atomic mass is 10.0. The molecule has 0 aliphatic heterocycles. The third kappa shape index (κ3) is 3.63. The van der Waals surface area contributed by atoms with E-state index in [-0.39, 0.29) is 11.8 Å².